The molecule has 3 heterocycles. The van der Waals surface area contributed by atoms with Gasteiger partial charge in [-0.2, -0.15) is 0 Å². The number of aliphatic hydroxyl groups excluding tert-OH is 3. The van der Waals surface area contributed by atoms with Gasteiger partial charge in [-0.05, 0) is 43.9 Å². The molecule has 5 N–H and O–H groups in total. The van der Waals surface area contributed by atoms with E-state index in [4.69, 9.17) is 9.47 Å². The summed E-state index contributed by atoms with van der Waals surface area (Å²) in [5.74, 6) is 0.781. The number of unbranched alkanes of at least 4 members (excludes halogenated alkanes) is 1. The average molecular weight is 461 g/mol. The number of amides is 1. The number of hydrogen-bond acceptors (Lipinski definition) is 8. The lowest BCUT2D eigenvalue weighted by molar-refractivity contribution is -0.209. The Hall–Kier alpha value is -0.420. The maximum absolute atomic E-state index is 13.3. The Morgan fingerprint density at radius 1 is 1.16 bits per heavy atom. The van der Waals surface area contributed by atoms with Gasteiger partial charge in [-0.15, -0.1) is 11.8 Å². The molecule has 9 heteroatoms. The van der Waals surface area contributed by atoms with Crippen molar-refractivity contribution in [1.29, 1.82) is 0 Å². The van der Waals surface area contributed by atoms with Crippen molar-refractivity contribution in [3.63, 3.8) is 0 Å². The average Bonchev–Trinajstić information content (AvgIpc) is 3.24. The monoisotopic (exact) mass is 460 g/mol. The first-order valence-electron chi connectivity index (χ1n) is 11.9. The molecule has 3 saturated heterocycles. The van der Waals surface area contributed by atoms with Crippen LogP contribution in [0.25, 0.3) is 0 Å². The summed E-state index contributed by atoms with van der Waals surface area (Å²) < 4.78 is 12.1. The lowest BCUT2D eigenvalue weighted by Gasteiger charge is -2.46. The zero-order valence-corrected chi connectivity index (χ0v) is 19.6. The molecule has 3 aliphatic heterocycles. The molecule has 3 rings (SSSR count). The summed E-state index contributed by atoms with van der Waals surface area (Å²) in [6.45, 7) is 5.55. The van der Waals surface area contributed by atoms with Crippen LogP contribution in [-0.2, 0) is 14.3 Å². The highest BCUT2D eigenvalue weighted by atomic mass is 32.2. The molecular weight excluding hydrogens is 420 g/mol. The largest absolute Gasteiger partial charge is 0.388 e. The van der Waals surface area contributed by atoms with E-state index < -0.39 is 41.9 Å². The SMILES string of the molecule is CCCCOC1CCNC1C(=O)NC1C(CC)CCCCSC2OC1C(O)C(O)C2O. The number of carbonyl (C=O) groups is 1. The van der Waals surface area contributed by atoms with Gasteiger partial charge >= 0.3 is 0 Å². The highest BCUT2D eigenvalue weighted by Gasteiger charge is 2.49. The smallest absolute Gasteiger partial charge is 0.240 e. The molecule has 0 aromatic rings. The molecule has 0 radical (unpaired) electrons. The fraction of sp³-hybridized carbons (Fsp3) is 0.955. The zero-order chi connectivity index (χ0) is 22.4. The summed E-state index contributed by atoms with van der Waals surface area (Å²) in [7, 11) is 0. The first-order valence-corrected chi connectivity index (χ1v) is 13.0. The van der Waals surface area contributed by atoms with Crippen LogP contribution in [0.1, 0.15) is 58.8 Å². The van der Waals surface area contributed by atoms with Crippen LogP contribution in [0.2, 0.25) is 0 Å². The van der Waals surface area contributed by atoms with Gasteiger partial charge in [0.15, 0.2) is 0 Å². The molecule has 0 saturated carbocycles. The fourth-order valence-electron chi connectivity index (χ4n) is 4.88. The Bertz CT molecular complexity index is 570. The molecule has 0 spiro atoms. The number of ether oxygens (including phenoxy) is 2. The fourth-order valence-corrected chi connectivity index (χ4v) is 6.04. The van der Waals surface area contributed by atoms with Crippen LogP contribution < -0.4 is 10.6 Å². The number of aliphatic hydroxyl groups is 3. The molecule has 1 amide bonds. The molecule has 2 bridgehead atoms. The molecule has 9 unspecified atom stereocenters. The second-order valence-electron chi connectivity index (χ2n) is 8.99. The Labute approximate surface area is 189 Å². The van der Waals surface area contributed by atoms with Crippen molar-refractivity contribution in [2.24, 2.45) is 5.92 Å². The highest BCUT2D eigenvalue weighted by Crippen LogP contribution is 2.35. The third kappa shape index (κ3) is 6.13. The third-order valence-corrected chi connectivity index (χ3v) is 8.07. The Morgan fingerprint density at radius 2 is 1.97 bits per heavy atom. The number of nitrogens with one attached hydrogen (secondary N) is 2. The molecule has 0 aromatic carbocycles. The summed E-state index contributed by atoms with van der Waals surface area (Å²) in [5.41, 5.74) is -0.617. The van der Waals surface area contributed by atoms with Crippen molar-refractivity contribution in [2.75, 3.05) is 18.9 Å². The molecule has 0 aliphatic carbocycles. The maximum Gasteiger partial charge on any atom is 0.240 e. The topological polar surface area (TPSA) is 120 Å². The van der Waals surface area contributed by atoms with Gasteiger partial charge in [0, 0.05) is 6.61 Å². The van der Waals surface area contributed by atoms with Gasteiger partial charge in [0.1, 0.15) is 35.9 Å². The molecule has 31 heavy (non-hydrogen) atoms. The van der Waals surface area contributed by atoms with E-state index in [1.807, 2.05) is 0 Å². The zero-order valence-electron chi connectivity index (χ0n) is 18.7. The van der Waals surface area contributed by atoms with Gasteiger partial charge in [0.2, 0.25) is 5.91 Å². The maximum atomic E-state index is 13.3. The number of thioether (sulfide) groups is 1. The van der Waals surface area contributed by atoms with Crippen LogP contribution in [0, 0.1) is 5.92 Å². The van der Waals surface area contributed by atoms with Crippen LogP contribution in [-0.4, -0.2) is 88.2 Å². The minimum Gasteiger partial charge on any atom is -0.388 e. The van der Waals surface area contributed by atoms with E-state index in [2.05, 4.69) is 24.5 Å². The lowest BCUT2D eigenvalue weighted by atomic mass is 9.83. The lowest BCUT2D eigenvalue weighted by Crippen LogP contribution is -2.65. The second kappa shape index (κ2) is 12.2. The summed E-state index contributed by atoms with van der Waals surface area (Å²) in [4.78, 5) is 13.3. The van der Waals surface area contributed by atoms with Crippen molar-refractivity contribution < 1.29 is 29.6 Å². The van der Waals surface area contributed by atoms with Crippen molar-refractivity contribution >= 4 is 17.7 Å². The van der Waals surface area contributed by atoms with Gasteiger partial charge in [-0.3, -0.25) is 4.79 Å². The van der Waals surface area contributed by atoms with Crippen LogP contribution in [0.4, 0.5) is 0 Å². The number of hydrogen-bond donors (Lipinski definition) is 5. The van der Waals surface area contributed by atoms with E-state index in [0.29, 0.717) is 6.61 Å². The first-order chi connectivity index (χ1) is 15.0. The van der Waals surface area contributed by atoms with Crippen LogP contribution in [0.3, 0.4) is 0 Å². The third-order valence-electron chi connectivity index (χ3n) is 6.83. The number of rotatable bonds is 7. The van der Waals surface area contributed by atoms with Crippen molar-refractivity contribution in [2.45, 2.75) is 107 Å². The van der Waals surface area contributed by atoms with E-state index >= 15 is 0 Å². The predicted molar refractivity (Wildman–Crippen MR) is 120 cm³/mol. The van der Waals surface area contributed by atoms with Crippen molar-refractivity contribution in [3.8, 4) is 0 Å². The highest BCUT2D eigenvalue weighted by molar-refractivity contribution is 7.99. The molecule has 8 nitrogen and oxygen atoms in total. The second-order valence-corrected chi connectivity index (χ2v) is 10.2. The summed E-state index contributed by atoms with van der Waals surface area (Å²) in [6.07, 6.45) is 1.86. The Kier molecular flexibility index (Phi) is 9.89. The predicted octanol–water partition coefficient (Wildman–Crippen LogP) is 0.769. The molecule has 9 atom stereocenters. The van der Waals surface area contributed by atoms with Crippen LogP contribution in [0.15, 0.2) is 0 Å². The van der Waals surface area contributed by atoms with E-state index in [-0.39, 0.29) is 17.9 Å². The van der Waals surface area contributed by atoms with Gasteiger partial charge in [-0.25, -0.2) is 0 Å². The van der Waals surface area contributed by atoms with E-state index in [0.717, 1.165) is 57.2 Å². The Morgan fingerprint density at radius 3 is 2.71 bits per heavy atom. The minimum absolute atomic E-state index is 0.107. The quantitative estimate of drug-likeness (QED) is 0.354. The van der Waals surface area contributed by atoms with E-state index in [9.17, 15) is 20.1 Å². The van der Waals surface area contributed by atoms with Gasteiger partial charge in [0.25, 0.3) is 0 Å². The molecular formula is C22H40N2O6S. The molecule has 3 fully saturated rings. The molecule has 0 aromatic heterocycles. The van der Waals surface area contributed by atoms with Gasteiger partial charge in [0.05, 0.1) is 12.1 Å². The normalized spacial score (nSPS) is 41.6. The number of fused-ring (bicyclic) bond motifs is 2. The van der Waals surface area contributed by atoms with Crippen molar-refractivity contribution in [3.05, 3.63) is 0 Å². The molecule has 180 valence electrons. The minimum atomic E-state index is -1.30. The van der Waals surface area contributed by atoms with Gasteiger partial charge < -0.3 is 35.4 Å². The Balaban J connectivity index is 1.76. The molecule has 3 aliphatic rings. The summed E-state index contributed by atoms with van der Waals surface area (Å²) >= 11 is 1.47. The summed E-state index contributed by atoms with van der Waals surface area (Å²) in [6, 6.07) is -0.888. The number of carbonyl (C=O) groups excluding carboxylic acids is 1. The standard InChI is InChI=1S/C22H40N2O6S/c1-3-5-11-29-14-9-10-23-16(14)21(28)24-15-13(4-2)8-6-7-12-31-22-19(27)17(25)18(26)20(15)30-22/h13-20,22-23,25-27H,3-12H2,1-2H3,(H,24,28). The first kappa shape index (κ1) is 25.2. The summed E-state index contributed by atoms with van der Waals surface area (Å²) in [5, 5.41) is 38.0. The van der Waals surface area contributed by atoms with Gasteiger partial charge in [-0.1, -0.05) is 33.1 Å². The van der Waals surface area contributed by atoms with Crippen molar-refractivity contribution in [1.82, 2.24) is 10.6 Å². The van der Waals surface area contributed by atoms with E-state index in [1.165, 1.54) is 11.8 Å². The van der Waals surface area contributed by atoms with E-state index in [1.54, 1.807) is 0 Å². The van der Waals surface area contributed by atoms with Crippen LogP contribution in [0.5, 0.6) is 0 Å². The van der Waals surface area contributed by atoms with Crippen LogP contribution >= 0.6 is 11.8 Å².